The van der Waals surface area contributed by atoms with Gasteiger partial charge in [-0.3, -0.25) is 9.52 Å². The number of nitrogens with one attached hydrogen (secondary N) is 1. The number of hydrogen-bond donors (Lipinski definition) is 1. The molecule has 0 unspecified atom stereocenters. The molecule has 0 aliphatic rings. The molecule has 0 aliphatic heterocycles. The van der Waals surface area contributed by atoms with Crippen LogP contribution in [-0.4, -0.2) is 51.6 Å². The van der Waals surface area contributed by atoms with Crippen molar-refractivity contribution in [2.75, 3.05) is 37.2 Å². The molecule has 0 saturated carbocycles. The number of fused-ring (bicyclic) bond motifs is 1. The van der Waals surface area contributed by atoms with Crippen LogP contribution >= 0.6 is 29.4 Å². The van der Waals surface area contributed by atoms with Gasteiger partial charge in [0.15, 0.2) is 5.78 Å². The Balaban J connectivity index is 0.00000420. The molecule has 1 heterocycles. The van der Waals surface area contributed by atoms with Gasteiger partial charge in [-0.25, -0.2) is 8.42 Å². The number of aryl methyl sites for hydroxylation is 1. The van der Waals surface area contributed by atoms with Crippen LogP contribution in [0.25, 0.3) is 11.0 Å². The summed E-state index contributed by atoms with van der Waals surface area (Å²) in [6.45, 7) is 10.5. The van der Waals surface area contributed by atoms with Gasteiger partial charge in [0.2, 0.25) is 10.0 Å². The van der Waals surface area contributed by atoms with Crippen LogP contribution in [0.2, 0.25) is 0 Å². The molecule has 1 aromatic heterocycles. The average Bonchev–Trinajstić information content (AvgIpc) is 3.27. The molecule has 230 valence electrons. The number of hydrogen-bond acceptors (Lipinski definition) is 6. The summed E-state index contributed by atoms with van der Waals surface area (Å²) >= 11 is 0. The molecule has 10 heteroatoms. The molecule has 0 radical (unpaired) electrons. The zero-order chi connectivity index (χ0) is 28.3. The lowest BCUT2D eigenvalue weighted by atomic mass is 9.98. The lowest BCUT2D eigenvalue weighted by Crippen LogP contribution is -2.28. The van der Waals surface area contributed by atoms with E-state index in [9.17, 15) is 13.2 Å². The molecule has 0 spiro atoms. The predicted molar refractivity (Wildman–Crippen MR) is 177 cm³/mol. The number of carbonyl (C=O) groups excluding carboxylic acids is 1. The van der Waals surface area contributed by atoms with Gasteiger partial charge in [0.1, 0.15) is 17.1 Å². The second-order valence-corrected chi connectivity index (χ2v) is 11.9. The van der Waals surface area contributed by atoms with Crippen molar-refractivity contribution in [1.29, 1.82) is 0 Å². The normalized spacial score (nSPS) is 11.2. The molecule has 3 aromatic rings. The van der Waals surface area contributed by atoms with Crippen molar-refractivity contribution in [3.63, 3.8) is 0 Å². The molecule has 0 aliphatic carbocycles. The van der Waals surface area contributed by atoms with E-state index < -0.39 is 10.0 Å². The number of rotatable bonds is 18. The first-order valence-corrected chi connectivity index (χ1v) is 16.2. The monoisotopic (exact) mass is 672 g/mol. The Morgan fingerprint density at radius 1 is 0.902 bits per heavy atom. The van der Waals surface area contributed by atoms with Crippen LogP contribution in [0.1, 0.15) is 87.4 Å². The summed E-state index contributed by atoms with van der Waals surface area (Å²) in [5, 5.41) is 0.607. The Kier molecular flexibility index (Phi) is 16.6. The summed E-state index contributed by atoms with van der Waals surface area (Å²) in [5.41, 5.74) is 1.99. The van der Waals surface area contributed by atoms with E-state index in [1.54, 1.807) is 30.3 Å². The third-order valence-electron chi connectivity index (χ3n) is 6.71. The number of sulfonamides is 1. The molecule has 0 saturated heterocycles. The minimum absolute atomic E-state index is 0. The SMILES string of the molecule is Br.CCCCc1oc2ccc(NS(C)(=O)=O)cc2c1C(=O)c1ccc(OCCCN(CCCC)CCCC)cc1.Cl. The van der Waals surface area contributed by atoms with Gasteiger partial charge in [0, 0.05) is 29.6 Å². The number of nitrogens with zero attached hydrogens (tertiary/aromatic N) is 1. The van der Waals surface area contributed by atoms with Gasteiger partial charge < -0.3 is 14.1 Å². The standard InChI is InChI=1S/C31H44N2O5S.BrH.ClH/c1-5-8-12-29-30(27-23-25(32-39(4,35)36)15-18-28(27)38-29)31(34)24-13-16-26(17-14-24)37-22-11-21-33(19-9-6-2)20-10-7-3;;/h13-18,23,32H,5-12,19-22H2,1-4H3;2*1H. The highest BCUT2D eigenvalue weighted by Crippen LogP contribution is 2.32. The zero-order valence-corrected chi connectivity index (χ0v) is 28.1. The molecule has 0 atom stereocenters. The zero-order valence-electron chi connectivity index (χ0n) is 24.7. The van der Waals surface area contributed by atoms with Crippen LogP contribution in [0.15, 0.2) is 46.9 Å². The quantitative estimate of drug-likeness (QED) is 0.109. The molecule has 7 nitrogen and oxygen atoms in total. The van der Waals surface area contributed by atoms with Crippen LogP contribution in [0.5, 0.6) is 5.75 Å². The largest absolute Gasteiger partial charge is 0.494 e. The summed E-state index contributed by atoms with van der Waals surface area (Å²) in [7, 11) is -3.45. The summed E-state index contributed by atoms with van der Waals surface area (Å²) in [6.07, 6.45) is 9.40. The van der Waals surface area contributed by atoms with E-state index in [1.807, 2.05) is 12.1 Å². The fourth-order valence-electron chi connectivity index (χ4n) is 4.61. The van der Waals surface area contributed by atoms with E-state index in [1.165, 1.54) is 25.7 Å². The number of ether oxygens (including phenoxy) is 1. The Morgan fingerprint density at radius 3 is 2.10 bits per heavy atom. The number of halogens is 2. The predicted octanol–water partition coefficient (Wildman–Crippen LogP) is 8.05. The molecular weight excluding hydrogens is 628 g/mol. The Hall–Kier alpha value is -2.07. The smallest absolute Gasteiger partial charge is 0.229 e. The fraction of sp³-hybridized carbons (Fsp3) is 0.516. The topological polar surface area (TPSA) is 88.8 Å². The number of anilines is 1. The number of carbonyl (C=O) groups is 1. The third-order valence-corrected chi connectivity index (χ3v) is 7.31. The van der Waals surface area contributed by atoms with Crippen molar-refractivity contribution in [2.45, 2.75) is 72.1 Å². The van der Waals surface area contributed by atoms with E-state index in [2.05, 4.69) is 30.4 Å². The van der Waals surface area contributed by atoms with Gasteiger partial charge >= 0.3 is 0 Å². The van der Waals surface area contributed by atoms with E-state index in [0.29, 0.717) is 46.6 Å². The van der Waals surface area contributed by atoms with Crippen LogP contribution in [-0.2, 0) is 16.4 Å². The number of benzene rings is 2. The molecule has 0 fully saturated rings. The van der Waals surface area contributed by atoms with Crippen molar-refractivity contribution in [1.82, 2.24) is 4.90 Å². The van der Waals surface area contributed by atoms with Gasteiger partial charge in [-0.15, -0.1) is 29.4 Å². The molecular formula is C31H46BrClN2O5S. The lowest BCUT2D eigenvalue weighted by Gasteiger charge is -2.21. The molecule has 1 N–H and O–H groups in total. The lowest BCUT2D eigenvalue weighted by molar-refractivity contribution is 0.103. The van der Waals surface area contributed by atoms with E-state index in [0.717, 1.165) is 50.9 Å². The van der Waals surface area contributed by atoms with E-state index in [4.69, 9.17) is 9.15 Å². The third kappa shape index (κ3) is 11.6. The van der Waals surface area contributed by atoms with Crippen molar-refractivity contribution >= 4 is 61.9 Å². The highest BCUT2D eigenvalue weighted by Gasteiger charge is 2.22. The first-order valence-electron chi connectivity index (χ1n) is 14.3. The Bertz CT molecular complexity index is 1300. The molecule has 3 rings (SSSR count). The average molecular weight is 674 g/mol. The van der Waals surface area contributed by atoms with Gasteiger partial charge in [-0.2, -0.15) is 0 Å². The molecule has 41 heavy (non-hydrogen) atoms. The van der Waals surface area contributed by atoms with Gasteiger partial charge in [-0.1, -0.05) is 40.0 Å². The number of unbranched alkanes of at least 4 members (excludes halogenated alkanes) is 3. The van der Waals surface area contributed by atoms with Crippen LogP contribution in [0.3, 0.4) is 0 Å². The van der Waals surface area contributed by atoms with Crippen LogP contribution < -0.4 is 9.46 Å². The second-order valence-electron chi connectivity index (χ2n) is 10.2. The number of furan rings is 1. The van der Waals surface area contributed by atoms with Crippen LogP contribution in [0.4, 0.5) is 5.69 Å². The van der Waals surface area contributed by atoms with E-state index >= 15 is 0 Å². The summed E-state index contributed by atoms with van der Waals surface area (Å²) in [4.78, 5) is 16.2. The summed E-state index contributed by atoms with van der Waals surface area (Å²) < 4.78 is 38.0. The van der Waals surface area contributed by atoms with Crippen LogP contribution in [0, 0.1) is 0 Å². The van der Waals surface area contributed by atoms with Crippen molar-refractivity contribution < 1.29 is 22.4 Å². The maximum atomic E-state index is 13.7. The van der Waals surface area contributed by atoms with Gasteiger partial charge in [0.05, 0.1) is 18.4 Å². The van der Waals surface area contributed by atoms with Crippen molar-refractivity contribution in [3.05, 3.63) is 59.4 Å². The minimum Gasteiger partial charge on any atom is -0.494 e. The Labute approximate surface area is 262 Å². The maximum absolute atomic E-state index is 13.7. The highest BCUT2D eigenvalue weighted by molar-refractivity contribution is 8.93. The molecule has 0 amide bonds. The van der Waals surface area contributed by atoms with Crippen molar-refractivity contribution in [3.8, 4) is 5.75 Å². The first-order chi connectivity index (χ1) is 18.8. The highest BCUT2D eigenvalue weighted by atomic mass is 79.9. The van der Waals surface area contributed by atoms with Crippen molar-refractivity contribution in [2.24, 2.45) is 0 Å². The maximum Gasteiger partial charge on any atom is 0.229 e. The summed E-state index contributed by atoms with van der Waals surface area (Å²) in [6, 6.07) is 12.3. The number of ketones is 1. The fourth-order valence-corrected chi connectivity index (χ4v) is 5.17. The Morgan fingerprint density at radius 2 is 1.51 bits per heavy atom. The van der Waals surface area contributed by atoms with E-state index in [-0.39, 0.29) is 35.2 Å². The second kappa shape index (κ2) is 18.5. The summed E-state index contributed by atoms with van der Waals surface area (Å²) in [5.74, 6) is 1.22. The molecule has 0 bridgehead atoms. The molecule has 2 aromatic carbocycles. The first kappa shape index (κ1) is 37.0. The van der Waals surface area contributed by atoms with Gasteiger partial charge in [-0.05, 0) is 81.2 Å². The minimum atomic E-state index is -3.45. The van der Waals surface area contributed by atoms with Gasteiger partial charge in [0.25, 0.3) is 0 Å².